The first-order chi connectivity index (χ1) is 9.61. The molecule has 0 radical (unpaired) electrons. The molecule has 0 amide bonds. The summed E-state index contributed by atoms with van der Waals surface area (Å²) in [5.41, 5.74) is 0.820. The molecule has 0 aromatic heterocycles. The Labute approximate surface area is 132 Å². The second-order valence-electron chi connectivity index (χ2n) is 4.79. The van der Waals surface area contributed by atoms with Crippen LogP contribution in [0, 0.1) is 6.92 Å². The maximum absolute atomic E-state index is 12.7. The number of halogens is 1. The summed E-state index contributed by atoms with van der Waals surface area (Å²) in [4.78, 5) is 10.9. The average Bonchev–Trinajstić information content (AvgIpc) is 2.37. The summed E-state index contributed by atoms with van der Waals surface area (Å²) < 4.78 is 32.1. The molecule has 0 spiro atoms. The molecule has 21 heavy (non-hydrogen) atoms. The highest BCUT2D eigenvalue weighted by Gasteiger charge is 2.32. The number of hydrogen-bond donors (Lipinski definition) is 1. The molecule has 118 valence electrons. The number of methoxy groups -OCH3 is 1. The Kier molecular flexibility index (Phi) is 5.77. The summed E-state index contributed by atoms with van der Waals surface area (Å²) >= 11 is 3.28. The van der Waals surface area contributed by atoms with Gasteiger partial charge in [-0.3, -0.25) is 4.79 Å². The van der Waals surface area contributed by atoms with E-state index in [9.17, 15) is 13.2 Å². The lowest BCUT2D eigenvalue weighted by atomic mass is 10.2. The number of nitrogens with zero attached hydrogens (tertiary/aromatic N) is 1. The topological polar surface area (TPSA) is 83.9 Å². The van der Waals surface area contributed by atoms with E-state index in [-0.39, 0.29) is 10.6 Å². The summed E-state index contributed by atoms with van der Waals surface area (Å²) in [7, 11) is -2.61. The van der Waals surface area contributed by atoms with E-state index in [0.717, 1.165) is 9.87 Å². The van der Waals surface area contributed by atoms with Gasteiger partial charge in [0, 0.05) is 10.5 Å². The van der Waals surface area contributed by atoms with E-state index >= 15 is 0 Å². The van der Waals surface area contributed by atoms with Crippen molar-refractivity contribution in [1.29, 1.82) is 0 Å². The van der Waals surface area contributed by atoms with Gasteiger partial charge in [-0.2, -0.15) is 4.31 Å². The van der Waals surface area contributed by atoms with Crippen molar-refractivity contribution in [3.8, 4) is 5.75 Å². The number of carboxylic acid groups (broad SMARTS) is 1. The van der Waals surface area contributed by atoms with Gasteiger partial charge in [-0.05, 0) is 38.5 Å². The number of ether oxygens (including phenoxy) is 1. The van der Waals surface area contributed by atoms with Crippen LogP contribution in [0.4, 0.5) is 0 Å². The summed E-state index contributed by atoms with van der Waals surface area (Å²) in [6.45, 7) is 4.45. The van der Waals surface area contributed by atoms with Crippen molar-refractivity contribution in [3.63, 3.8) is 0 Å². The van der Waals surface area contributed by atoms with Crippen LogP contribution in [0.15, 0.2) is 21.5 Å². The highest BCUT2D eigenvalue weighted by molar-refractivity contribution is 9.10. The second kappa shape index (κ2) is 6.76. The van der Waals surface area contributed by atoms with Crippen LogP contribution < -0.4 is 4.74 Å². The van der Waals surface area contributed by atoms with E-state index in [0.29, 0.717) is 4.47 Å². The van der Waals surface area contributed by atoms with Gasteiger partial charge in [0.1, 0.15) is 17.2 Å². The molecule has 0 aliphatic heterocycles. The molecular formula is C13H18BrNO5S. The van der Waals surface area contributed by atoms with Gasteiger partial charge in [0.2, 0.25) is 10.0 Å². The number of carbonyl (C=O) groups is 1. The third-order valence-corrected chi connectivity index (χ3v) is 5.80. The molecule has 0 aliphatic carbocycles. The van der Waals surface area contributed by atoms with Gasteiger partial charge in [0.05, 0.1) is 7.11 Å². The van der Waals surface area contributed by atoms with Crippen LogP contribution >= 0.6 is 15.9 Å². The molecule has 1 rings (SSSR count). The Morgan fingerprint density at radius 2 is 2.00 bits per heavy atom. The molecule has 0 unspecified atom stereocenters. The van der Waals surface area contributed by atoms with E-state index in [4.69, 9.17) is 9.84 Å². The van der Waals surface area contributed by atoms with Gasteiger partial charge in [-0.25, -0.2) is 8.42 Å². The lowest BCUT2D eigenvalue weighted by molar-refractivity contribution is -0.137. The number of sulfonamides is 1. The average molecular weight is 380 g/mol. The van der Waals surface area contributed by atoms with Crippen LogP contribution in [-0.4, -0.2) is 43.5 Å². The first kappa shape index (κ1) is 17.9. The molecule has 1 N–H and O–H groups in total. The van der Waals surface area contributed by atoms with E-state index in [2.05, 4.69) is 15.9 Å². The van der Waals surface area contributed by atoms with Gasteiger partial charge >= 0.3 is 5.97 Å². The van der Waals surface area contributed by atoms with Gasteiger partial charge < -0.3 is 9.84 Å². The Bertz CT molecular complexity index is 642. The van der Waals surface area contributed by atoms with E-state index in [1.54, 1.807) is 26.8 Å². The van der Waals surface area contributed by atoms with Crippen LogP contribution in [-0.2, 0) is 14.8 Å². The molecule has 0 atom stereocenters. The molecule has 8 heteroatoms. The standard InChI is InChI=1S/C13H18BrNO5S/c1-8(2)15(7-13(16)17)21(18,19)12-6-10(14)9(3)5-11(12)20-4/h5-6,8H,7H2,1-4H3,(H,16,17). The normalized spacial score (nSPS) is 12.0. The van der Waals surface area contributed by atoms with Gasteiger partial charge in [0.15, 0.2) is 0 Å². The van der Waals surface area contributed by atoms with Crippen molar-refractivity contribution in [3.05, 3.63) is 22.2 Å². The highest BCUT2D eigenvalue weighted by atomic mass is 79.9. The molecule has 6 nitrogen and oxygen atoms in total. The van der Waals surface area contributed by atoms with Crippen molar-refractivity contribution in [2.45, 2.75) is 31.7 Å². The smallest absolute Gasteiger partial charge is 0.318 e. The minimum atomic E-state index is -3.98. The Hall–Kier alpha value is -1.12. The zero-order valence-electron chi connectivity index (χ0n) is 12.3. The third-order valence-electron chi connectivity index (χ3n) is 2.90. The monoisotopic (exact) mass is 379 g/mol. The SMILES string of the molecule is COc1cc(C)c(Br)cc1S(=O)(=O)N(CC(=O)O)C(C)C. The quantitative estimate of drug-likeness (QED) is 0.819. The van der Waals surface area contributed by atoms with E-state index < -0.39 is 28.6 Å². The van der Waals surface area contributed by atoms with Crippen LogP contribution in [0.3, 0.4) is 0 Å². The molecule has 0 saturated heterocycles. The molecule has 0 heterocycles. The summed E-state index contributed by atoms with van der Waals surface area (Å²) in [6, 6.07) is 2.53. The van der Waals surface area contributed by atoms with Crippen LogP contribution in [0.1, 0.15) is 19.4 Å². The first-order valence-electron chi connectivity index (χ1n) is 6.19. The predicted molar refractivity (Wildman–Crippen MR) is 82.1 cm³/mol. The summed E-state index contributed by atoms with van der Waals surface area (Å²) in [6.07, 6.45) is 0. The zero-order chi connectivity index (χ0) is 16.4. The largest absolute Gasteiger partial charge is 0.495 e. The van der Waals surface area contributed by atoms with Gasteiger partial charge in [-0.15, -0.1) is 0 Å². The van der Waals surface area contributed by atoms with Crippen LogP contribution in [0.5, 0.6) is 5.75 Å². The third kappa shape index (κ3) is 3.96. The Balaban J connectivity index is 3.47. The van der Waals surface area contributed by atoms with Crippen molar-refractivity contribution < 1.29 is 23.1 Å². The molecular weight excluding hydrogens is 362 g/mol. The maximum Gasteiger partial charge on any atom is 0.318 e. The maximum atomic E-state index is 12.7. The van der Waals surface area contributed by atoms with Crippen LogP contribution in [0.25, 0.3) is 0 Å². The number of carboxylic acids is 1. The van der Waals surface area contributed by atoms with Crippen molar-refractivity contribution >= 4 is 31.9 Å². The molecule has 1 aromatic rings. The highest BCUT2D eigenvalue weighted by Crippen LogP contribution is 2.32. The molecule has 0 aliphatic rings. The molecule has 0 bridgehead atoms. The number of rotatable bonds is 6. The number of aryl methyl sites for hydroxylation is 1. The lowest BCUT2D eigenvalue weighted by Crippen LogP contribution is -2.40. The molecule has 0 saturated carbocycles. The molecule has 1 aromatic carbocycles. The van der Waals surface area contributed by atoms with Crippen molar-refractivity contribution in [2.75, 3.05) is 13.7 Å². The fourth-order valence-corrected chi connectivity index (χ4v) is 4.05. The van der Waals surface area contributed by atoms with E-state index in [1.165, 1.54) is 13.2 Å². The number of benzene rings is 1. The van der Waals surface area contributed by atoms with Crippen LogP contribution in [0.2, 0.25) is 0 Å². The molecule has 0 fully saturated rings. The first-order valence-corrected chi connectivity index (χ1v) is 8.42. The number of hydrogen-bond acceptors (Lipinski definition) is 4. The summed E-state index contributed by atoms with van der Waals surface area (Å²) in [5, 5.41) is 8.92. The fraction of sp³-hybridized carbons (Fsp3) is 0.462. The summed E-state index contributed by atoms with van der Waals surface area (Å²) in [5.74, 6) is -1.02. The predicted octanol–water partition coefficient (Wildman–Crippen LogP) is 2.25. The lowest BCUT2D eigenvalue weighted by Gasteiger charge is -2.25. The van der Waals surface area contributed by atoms with E-state index in [1.807, 2.05) is 0 Å². The van der Waals surface area contributed by atoms with Gasteiger partial charge in [0.25, 0.3) is 0 Å². The zero-order valence-corrected chi connectivity index (χ0v) is 14.7. The Morgan fingerprint density at radius 1 is 1.43 bits per heavy atom. The fourth-order valence-electron chi connectivity index (χ4n) is 1.80. The Morgan fingerprint density at radius 3 is 2.43 bits per heavy atom. The van der Waals surface area contributed by atoms with Gasteiger partial charge in [-0.1, -0.05) is 15.9 Å². The van der Waals surface area contributed by atoms with Crippen molar-refractivity contribution in [2.24, 2.45) is 0 Å². The minimum Gasteiger partial charge on any atom is -0.495 e. The van der Waals surface area contributed by atoms with Crippen molar-refractivity contribution in [1.82, 2.24) is 4.31 Å². The number of aliphatic carboxylic acids is 1. The second-order valence-corrected chi connectivity index (χ2v) is 7.50. The minimum absolute atomic E-state index is 0.0579.